The van der Waals surface area contributed by atoms with E-state index in [2.05, 4.69) is 10.4 Å². The Balaban J connectivity index is 1.99. The number of nitrogens with zero attached hydrogens (tertiary/aromatic N) is 3. The van der Waals surface area contributed by atoms with Crippen LogP contribution in [0.5, 0.6) is 0 Å². The number of benzene rings is 1. The highest BCUT2D eigenvalue weighted by atomic mass is 19.4. The van der Waals surface area contributed by atoms with E-state index in [9.17, 15) is 18.0 Å². The Hall–Kier alpha value is -2.35. The Labute approximate surface area is 143 Å². The second-order valence-electron chi connectivity index (χ2n) is 6.03. The van der Waals surface area contributed by atoms with E-state index in [1.165, 1.54) is 17.0 Å². The number of hydrogen-bond acceptors (Lipinski definition) is 3. The number of para-hydroxylation sites is 1. The van der Waals surface area contributed by atoms with Crippen LogP contribution in [0.1, 0.15) is 28.9 Å². The number of nitrogens with one attached hydrogen (secondary N) is 1. The summed E-state index contributed by atoms with van der Waals surface area (Å²) in [7, 11) is 1.78. The van der Waals surface area contributed by atoms with E-state index < -0.39 is 23.3 Å². The maximum absolute atomic E-state index is 13.7. The minimum atomic E-state index is -4.68. The topological polar surface area (TPSA) is 50.2 Å². The Morgan fingerprint density at radius 3 is 2.64 bits per heavy atom. The minimum absolute atomic E-state index is 0.0937. The van der Waals surface area contributed by atoms with Crippen molar-refractivity contribution in [2.24, 2.45) is 0 Å². The van der Waals surface area contributed by atoms with Crippen LogP contribution < -0.4 is 5.32 Å². The van der Waals surface area contributed by atoms with Gasteiger partial charge in [-0.15, -0.1) is 0 Å². The zero-order chi connectivity index (χ0) is 18.0. The maximum Gasteiger partial charge on any atom is 0.434 e. The molecular weight excluding hydrogens is 333 g/mol. The van der Waals surface area contributed by atoms with Crippen LogP contribution in [0.2, 0.25) is 0 Å². The Kier molecular flexibility index (Phi) is 4.80. The highest BCUT2D eigenvalue weighted by Gasteiger charge is 2.41. The van der Waals surface area contributed by atoms with Crippen LogP contribution >= 0.6 is 0 Å². The predicted molar refractivity (Wildman–Crippen MR) is 86.6 cm³/mol. The first-order chi connectivity index (χ1) is 11.9. The summed E-state index contributed by atoms with van der Waals surface area (Å²) in [5, 5.41) is 6.92. The normalized spacial score (nSPS) is 18.4. The summed E-state index contributed by atoms with van der Waals surface area (Å²) in [5.74, 6) is -0.630. The number of hydrogen-bond donors (Lipinski definition) is 1. The van der Waals surface area contributed by atoms with Crippen LogP contribution in [0.3, 0.4) is 0 Å². The van der Waals surface area contributed by atoms with Gasteiger partial charge in [0, 0.05) is 19.1 Å². The van der Waals surface area contributed by atoms with E-state index in [0.29, 0.717) is 13.1 Å². The summed E-state index contributed by atoms with van der Waals surface area (Å²) in [6.45, 7) is 0.841. The summed E-state index contributed by atoms with van der Waals surface area (Å²) in [5.41, 5.74) is -1.18. The van der Waals surface area contributed by atoms with Gasteiger partial charge < -0.3 is 10.2 Å². The van der Waals surface area contributed by atoms with Gasteiger partial charge in [0.1, 0.15) is 0 Å². The number of carbonyl (C=O) groups is 1. The van der Waals surface area contributed by atoms with Gasteiger partial charge in [-0.05, 0) is 32.0 Å². The first-order valence-corrected chi connectivity index (χ1v) is 8.09. The zero-order valence-corrected chi connectivity index (χ0v) is 13.8. The van der Waals surface area contributed by atoms with Gasteiger partial charge >= 0.3 is 6.18 Å². The quantitative estimate of drug-likeness (QED) is 0.924. The van der Waals surface area contributed by atoms with Crippen LogP contribution in [0.15, 0.2) is 36.5 Å². The highest BCUT2D eigenvalue weighted by molar-refractivity contribution is 5.95. The van der Waals surface area contributed by atoms with Gasteiger partial charge in [0.25, 0.3) is 5.91 Å². The molecule has 1 atom stereocenters. The molecule has 1 aromatic heterocycles. The molecule has 0 bridgehead atoms. The summed E-state index contributed by atoms with van der Waals surface area (Å²) in [6, 6.07) is 8.10. The second-order valence-corrected chi connectivity index (χ2v) is 6.03. The molecule has 1 amide bonds. The first kappa shape index (κ1) is 17.5. The molecule has 2 aromatic rings. The molecule has 2 heterocycles. The minimum Gasteiger partial charge on any atom is -0.337 e. The molecule has 1 N–H and O–H groups in total. The molecule has 5 nitrogen and oxygen atoms in total. The number of piperidine rings is 1. The van der Waals surface area contributed by atoms with E-state index in [-0.39, 0.29) is 11.7 Å². The van der Waals surface area contributed by atoms with E-state index in [0.717, 1.165) is 23.7 Å². The van der Waals surface area contributed by atoms with E-state index in [1.54, 1.807) is 25.2 Å². The molecule has 134 valence electrons. The average molecular weight is 352 g/mol. The van der Waals surface area contributed by atoms with Crippen LogP contribution in [0.25, 0.3) is 5.69 Å². The van der Waals surface area contributed by atoms with Crippen molar-refractivity contribution >= 4 is 5.91 Å². The van der Waals surface area contributed by atoms with Gasteiger partial charge in [0.2, 0.25) is 0 Å². The SMILES string of the molecule is CNC1CCCN(C(=O)c2cnn(-c3ccccc3)c2C(F)(F)F)C1. The zero-order valence-electron chi connectivity index (χ0n) is 13.8. The number of amides is 1. The molecule has 3 rings (SSSR count). The fraction of sp³-hybridized carbons (Fsp3) is 0.412. The number of alkyl halides is 3. The predicted octanol–water partition coefficient (Wildman–Crippen LogP) is 2.72. The van der Waals surface area contributed by atoms with Crippen molar-refractivity contribution in [3.05, 3.63) is 47.8 Å². The molecule has 1 saturated heterocycles. The lowest BCUT2D eigenvalue weighted by atomic mass is 10.0. The molecule has 1 unspecified atom stereocenters. The van der Waals surface area contributed by atoms with Gasteiger partial charge in [-0.2, -0.15) is 18.3 Å². The number of likely N-dealkylation sites (tertiary alicyclic amines) is 1. The molecule has 1 aliphatic rings. The lowest BCUT2D eigenvalue weighted by molar-refractivity contribution is -0.143. The molecule has 0 radical (unpaired) electrons. The van der Waals surface area contributed by atoms with Crippen molar-refractivity contribution in [3.8, 4) is 5.69 Å². The molecule has 1 aromatic carbocycles. The molecule has 1 aliphatic heterocycles. The van der Waals surface area contributed by atoms with Gasteiger partial charge in [-0.1, -0.05) is 18.2 Å². The monoisotopic (exact) mass is 352 g/mol. The third kappa shape index (κ3) is 3.53. The van der Waals surface area contributed by atoms with Crippen molar-refractivity contribution < 1.29 is 18.0 Å². The lowest BCUT2D eigenvalue weighted by Gasteiger charge is -2.32. The molecule has 25 heavy (non-hydrogen) atoms. The summed E-state index contributed by atoms with van der Waals surface area (Å²) in [6.07, 6.45) is -2.02. The third-order valence-corrected chi connectivity index (χ3v) is 4.39. The Morgan fingerprint density at radius 2 is 2.00 bits per heavy atom. The highest BCUT2D eigenvalue weighted by Crippen LogP contribution is 2.34. The standard InChI is InChI=1S/C17H19F3N4O/c1-21-12-6-5-9-23(11-12)16(25)14-10-22-24(15(14)17(18,19)20)13-7-3-2-4-8-13/h2-4,7-8,10,12,21H,5-6,9,11H2,1H3. The summed E-state index contributed by atoms with van der Waals surface area (Å²) >= 11 is 0. The molecule has 0 saturated carbocycles. The van der Waals surface area contributed by atoms with Crippen LogP contribution in [0.4, 0.5) is 13.2 Å². The van der Waals surface area contributed by atoms with Crippen molar-refractivity contribution in [2.45, 2.75) is 25.1 Å². The molecule has 0 spiro atoms. The smallest absolute Gasteiger partial charge is 0.337 e. The van der Waals surface area contributed by atoms with E-state index in [1.807, 2.05) is 0 Å². The van der Waals surface area contributed by atoms with Gasteiger partial charge in [-0.25, -0.2) is 4.68 Å². The number of aromatic nitrogens is 2. The first-order valence-electron chi connectivity index (χ1n) is 8.09. The number of halogens is 3. The average Bonchev–Trinajstić information content (AvgIpc) is 3.07. The summed E-state index contributed by atoms with van der Waals surface area (Å²) in [4.78, 5) is 14.2. The lowest BCUT2D eigenvalue weighted by Crippen LogP contribution is -2.47. The molecule has 1 fully saturated rings. The van der Waals surface area contributed by atoms with Crippen LogP contribution in [-0.2, 0) is 6.18 Å². The van der Waals surface area contributed by atoms with Gasteiger partial charge in [0.15, 0.2) is 5.69 Å². The number of rotatable bonds is 3. The van der Waals surface area contributed by atoms with E-state index in [4.69, 9.17) is 0 Å². The fourth-order valence-corrected chi connectivity index (χ4v) is 3.11. The largest absolute Gasteiger partial charge is 0.434 e. The van der Waals surface area contributed by atoms with E-state index >= 15 is 0 Å². The number of likely N-dealkylation sites (N-methyl/N-ethyl adjacent to an activating group) is 1. The Morgan fingerprint density at radius 1 is 1.28 bits per heavy atom. The van der Waals surface area contributed by atoms with Gasteiger partial charge in [0.05, 0.1) is 17.4 Å². The third-order valence-electron chi connectivity index (χ3n) is 4.39. The van der Waals surface area contributed by atoms with Crippen molar-refractivity contribution in [1.29, 1.82) is 0 Å². The van der Waals surface area contributed by atoms with Crippen LogP contribution in [0, 0.1) is 0 Å². The van der Waals surface area contributed by atoms with Crippen molar-refractivity contribution in [3.63, 3.8) is 0 Å². The molecular formula is C17H19F3N4O. The van der Waals surface area contributed by atoms with Crippen molar-refractivity contribution in [2.75, 3.05) is 20.1 Å². The number of carbonyl (C=O) groups excluding carboxylic acids is 1. The Bertz CT molecular complexity index is 742. The summed E-state index contributed by atoms with van der Waals surface area (Å²) < 4.78 is 41.7. The van der Waals surface area contributed by atoms with Crippen LogP contribution in [-0.4, -0.2) is 46.8 Å². The van der Waals surface area contributed by atoms with Crippen molar-refractivity contribution in [1.82, 2.24) is 20.0 Å². The molecule has 8 heteroatoms. The molecule has 0 aliphatic carbocycles. The maximum atomic E-state index is 13.7. The second kappa shape index (κ2) is 6.87. The van der Waals surface area contributed by atoms with Gasteiger partial charge in [-0.3, -0.25) is 4.79 Å². The fourth-order valence-electron chi connectivity index (χ4n) is 3.11.